The topological polar surface area (TPSA) is 96.3 Å². The lowest BCUT2D eigenvalue weighted by Gasteiger charge is -2.43. The molecular formula is C22H33N5O3. The van der Waals surface area contributed by atoms with Crippen molar-refractivity contribution in [2.45, 2.75) is 83.7 Å². The van der Waals surface area contributed by atoms with Gasteiger partial charge in [-0.3, -0.25) is 14.5 Å². The van der Waals surface area contributed by atoms with Crippen molar-refractivity contribution in [3.8, 4) is 0 Å². The van der Waals surface area contributed by atoms with Crippen molar-refractivity contribution >= 4 is 23.7 Å². The van der Waals surface area contributed by atoms with E-state index in [0.29, 0.717) is 24.6 Å². The van der Waals surface area contributed by atoms with E-state index in [4.69, 9.17) is 0 Å². The standard InChI is InChI=1S/C22H33N5O3/c1-15-11-21(2,3)14-22(12-15)19(29)26(20(30)25-22)13-18(28)24-17-9-10-23-27(17)16-7-5-4-6-8-16/h9-10,15-16H,4-8,11-14H2,1-3H3,(H,24,28)(H,25,30). The number of hydrogen-bond donors (Lipinski definition) is 2. The zero-order valence-electron chi connectivity index (χ0n) is 18.2. The smallest absolute Gasteiger partial charge is 0.323 e. The molecule has 2 unspecified atom stereocenters. The third-order valence-electron chi connectivity index (χ3n) is 6.78. The monoisotopic (exact) mass is 415 g/mol. The molecule has 1 aromatic rings. The summed E-state index contributed by atoms with van der Waals surface area (Å²) in [7, 11) is 0. The van der Waals surface area contributed by atoms with E-state index in [1.807, 2.05) is 4.68 Å². The Morgan fingerprint density at radius 1 is 1.23 bits per heavy atom. The molecule has 1 aliphatic heterocycles. The predicted molar refractivity (Wildman–Crippen MR) is 113 cm³/mol. The molecule has 0 radical (unpaired) electrons. The minimum atomic E-state index is -0.887. The minimum absolute atomic E-state index is 0.0363. The molecule has 8 heteroatoms. The van der Waals surface area contributed by atoms with Crippen LogP contribution in [0.3, 0.4) is 0 Å². The van der Waals surface area contributed by atoms with Crippen molar-refractivity contribution in [2.24, 2.45) is 11.3 Å². The van der Waals surface area contributed by atoms with Crippen LogP contribution in [-0.2, 0) is 9.59 Å². The molecule has 2 saturated carbocycles. The first kappa shape index (κ1) is 20.9. The molecule has 4 rings (SSSR count). The zero-order valence-corrected chi connectivity index (χ0v) is 18.2. The predicted octanol–water partition coefficient (Wildman–Crippen LogP) is 3.46. The largest absolute Gasteiger partial charge is 0.325 e. The Hall–Kier alpha value is -2.38. The van der Waals surface area contributed by atoms with Crippen LogP contribution < -0.4 is 10.6 Å². The van der Waals surface area contributed by atoms with Crippen LogP contribution in [0.5, 0.6) is 0 Å². The van der Waals surface area contributed by atoms with Crippen molar-refractivity contribution < 1.29 is 14.4 Å². The fourth-order valence-electron chi connectivity index (χ4n) is 6.01. The third kappa shape index (κ3) is 3.96. The molecule has 2 aliphatic carbocycles. The van der Waals surface area contributed by atoms with Crippen molar-refractivity contribution in [1.29, 1.82) is 0 Å². The maximum absolute atomic E-state index is 13.2. The quantitative estimate of drug-likeness (QED) is 0.736. The first-order valence-corrected chi connectivity index (χ1v) is 11.2. The van der Waals surface area contributed by atoms with Gasteiger partial charge in [-0.25, -0.2) is 9.48 Å². The summed E-state index contributed by atoms with van der Waals surface area (Å²) in [6.45, 7) is 6.10. The average Bonchev–Trinajstić information content (AvgIpc) is 3.19. The molecule has 2 atom stereocenters. The van der Waals surface area contributed by atoms with E-state index in [1.165, 1.54) is 6.42 Å². The highest BCUT2D eigenvalue weighted by Gasteiger charge is 2.56. The highest BCUT2D eigenvalue weighted by atomic mass is 16.2. The van der Waals surface area contributed by atoms with E-state index < -0.39 is 11.6 Å². The Bertz CT molecular complexity index is 842. The Labute approximate surface area is 177 Å². The Morgan fingerprint density at radius 2 is 1.97 bits per heavy atom. The molecule has 3 aliphatic rings. The number of amides is 4. The Balaban J connectivity index is 1.44. The number of anilines is 1. The lowest BCUT2D eigenvalue weighted by molar-refractivity contribution is -0.136. The van der Waals surface area contributed by atoms with Gasteiger partial charge in [-0.1, -0.05) is 40.0 Å². The highest BCUT2D eigenvalue weighted by Crippen LogP contribution is 2.46. The first-order chi connectivity index (χ1) is 14.2. The second kappa shape index (κ2) is 7.71. The van der Waals surface area contributed by atoms with Gasteiger partial charge < -0.3 is 10.6 Å². The van der Waals surface area contributed by atoms with E-state index in [0.717, 1.165) is 37.0 Å². The Morgan fingerprint density at radius 3 is 2.67 bits per heavy atom. The van der Waals surface area contributed by atoms with Gasteiger partial charge in [0.2, 0.25) is 5.91 Å². The maximum Gasteiger partial charge on any atom is 0.325 e. The van der Waals surface area contributed by atoms with Crippen LogP contribution in [0.25, 0.3) is 0 Å². The zero-order chi connectivity index (χ0) is 21.5. The number of hydrogen-bond acceptors (Lipinski definition) is 4. The minimum Gasteiger partial charge on any atom is -0.323 e. The fourth-order valence-corrected chi connectivity index (χ4v) is 6.01. The number of aromatic nitrogens is 2. The molecule has 1 saturated heterocycles. The van der Waals surface area contributed by atoms with E-state index in [1.54, 1.807) is 12.3 Å². The normalized spacial score (nSPS) is 29.3. The van der Waals surface area contributed by atoms with Crippen molar-refractivity contribution in [3.63, 3.8) is 0 Å². The molecule has 0 bridgehead atoms. The lowest BCUT2D eigenvalue weighted by atomic mass is 9.64. The fraction of sp³-hybridized carbons (Fsp3) is 0.727. The van der Waals surface area contributed by atoms with Crippen molar-refractivity contribution in [1.82, 2.24) is 20.0 Å². The van der Waals surface area contributed by atoms with Gasteiger partial charge >= 0.3 is 6.03 Å². The van der Waals surface area contributed by atoms with Gasteiger partial charge in [0.05, 0.1) is 12.2 Å². The number of imide groups is 1. The molecule has 1 spiro atoms. The first-order valence-electron chi connectivity index (χ1n) is 11.2. The van der Waals surface area contributed by atoms with Gasteiger partial charge in [0.1, 0.15) is 17.9 Å². The highest BCUT2D eigenvalue weighted by molar-refractivity contribution is 6.10. The number of rotatable bonds is 4. The number of carbonyl (C=O) groups is 3. The summed E-state index contributed by atoms with van der Waals surface area (Å²) in [6, 6.07) is 1.58. The van der Waals surface area contributed by atoms with E-state index in [9.17, 15) is 14.4 Å². The van der Waals surface area contributed by atoms with Crippen LogP contribution in [0, 0.1) is 11.3 Å². The number of nitrogens with one attached hydrogen (secondary N) is 2. The van der Waals surface area contributed by atoms with E-state index in [2.05, 4.69) is 36.5 Å². The van der Waals surface area contributed by atoms with E-state index >= 15 is 0 Å². The number of nitrogens with zero attached hydrogens (tertiary/aromatic N) is 3. The molecule has 1 aromatic heterocycles. The summed E-state index contributed by atoms with van der Waals surface area (Å²) >= 11 is 0. The summed E-state index contributed by atoms with van der Waals surface area (Å²) in [5.74, 6) is 0.303. The van der Waals surface area contributed by atoms with Gasteiger partial charge in [-0.2, -0.15) is 5.10 Å². The molecule has 30 heavy (non-hydrogen) atoms. The average molecular weight is 416 g/mol. The molecule has 3 fully saturated rings. The summed E-state index contributed by atoms with van der Waals surface area (Å²) in [5.41, 5.74) is -0.923. The van der Waals surface area contributed by atoms with E-state index in [-0.39, 0.29) is 29.8 Å². The van der Waals surface area contributed by atoms with Gasteiger partial charge in [0.15, 0.2) is 0 Å². The molecule has 4 amide bonds. The second-order valence-electron chi connectivity index (χ2n) is 10.3. The molecule has 2 N–H and O–H groups in total. The van der Waals surface area contributed by atoms with Crippen LogP contribution in [-0.4, -0.2) is 44.6 Å². The summed E-state index contributed by atoms with van der Waals surface area (Å²) < 4.78 is 1.87. The van der Waals surface area contributed by atoms with Crippen molar-refractivity contribution in [2.75, 3.05) is 11.9 Å². The third-order valence-corrected chi connectivity index (χ3v) is 6.78. The van der Waals surface area contributed by atoms with Crippen LogP contribution in [0.15, 0.2) is 12.3 Å². The van der Waals surface area contributed by atoms with Crippen LogP contribution in [0.4, 0.5) is 10.6 Å². The van der Waals surface area contributed by atoms with Gasteiger partial charge in [-0.15, -0.1) is 0 Å². The van der Waals surface area contributed by atoms with Gasteiger partial charge in [0.25, 0.3) is 5.91 Å². The number of urea groups is 1. The maximum atomic E-state index is 13.2. The summed E-state index contributed by atoms with van der Waals surface area (Å²) in [4.78, 5) is 39.7. The summed E-state index contributed by atoms with van der Waals surface area (Å²) in [6.07, 6.45) is 9.58. The number of carbonyl (C=O) groups excluding carboxylic acids is 3. The molecular weight excluding hydrogens is 382 g/mol. The van der Waals surface area contributed by atoms with Gasteiger partial charge in [-0.05, 0) is 43.4 Å². The SMILES string of the molecule is CC1CC(C)(C)CC2(C1)NC(=O)N(CC(=O)Nc1ccnn1C1CCCCC1)C2=O. The molecule has 8 nitrogen and oxygen atoms in total. The van der Waals surface area contributed by atoms with Crippen molar-refractivity contribution in [3.05, 3.63) is 12.3 Å². The van der Waals surface area contributed by atoms with Gasteiger partial charge in [0, 0.05) is 6.07 Å². The van der Waals surface area contributed by atoms with Crippen LogP contribution in [0.1, 0.15) is 78.2 Å². The van der Waals surface area contributed by atoms with Crippen LogP contribution >= 0.6 is 0 Å². The Kier molecular flexibility index (Phi) is 5.36. The summed E-state index contributed by atoms with van der Waals surface area (Å²) in [5, 5.41) is 10.2. The van der Waals surface area contributed by atoms with Crippen LogP contribution in [0.2, 0.25) is 0 Å². The molecule has 2 heterocycles. The molecule has 164 valence electrons. The second-order valence-corrected chi connectivity index (χ2v) is 10.3. The molecule has 0 aromatic carbocycles. The lowest BCUT2D eigenvalue weighted by Crippen LogP contribution is -2.54.